The molecule has 3 heterocycles. The quantitative estimate of drug-likeness (QED) is 0.710. The van der Waals surface area contributed by atoms with Crippen molar-refractivity contribution in [1.29, 1.82) is 0 Å². The van der Waals surface area contributed by atoms with E-state index in [0.717, 1.165) is 37.3 Å². The number of H-pyrrole nitrogens is 1. The molecule has 28 heavy (non-hydrogen) atoms. The zero-order valence-corrected chi connectivity index (χ0v) is 16.6. The summed E-state index contributed by atoms with van der Waals surface area (Å²) in [6, 6.07) is 9.04. The average molecular weight is 398 g/mol. The third kappa shape index (κ3) is 3.29. The van der Waals surface area contributed by atoms with Gasteiger partial charge in [0.1, 0.15) is 4.83 Å². The fraction of sp³-hybridized carbons (Fsp3) is 0.350. The smallest absolute Gasteiger partial charge is 0.321 e. The van der Waals surface area contributed by atoms with Gasteiger partial charge in [0.15, 0.2) is 0 Å². The lowest BCUT2D eigenvalue weighted by Crippen LogP contribution is -2.42. The molecule has 1 aliphatic rings. The molecule has 0 spiro atoms. The molecule has 1 fully saturated rings. The minimum atomic E-state index is -0.400. The number of thiophene rings is 1. The number of carbonyl (C=O) groups is 1. The number of benzene rings is 1. The second-order valence-corrected chi connectivity index (χ2v) is 8.24. The number of carbonyl (C=O) groups excluding carboxylic acids is 1. The Hall–Kier alpha value is -2.71. The van der Waals surface area contributed by atoms with Gasteiger partial charge in [-0.15, -0.1) is 11.3 Å². The first-order chi connectivity index (χ1) is 13.5. The molecule has 1 aliphatic heterocycles. The van der Waals surface area contributed by atoms with Gasteiger partial charge in [-0.2, -0.15) is 0 Å². The molecule has 0 unspecified atom stereocenters. The lowest BCUT2D eigenvalue weighted by atomic mass is 10.1. The average Bonchev–Trinajstić information content (AvgIpc) is 3.00. The minimum absolute atomic E-state index is 0.113. The lowest BCUT2D eigenvalue weighted by molar-refractivity contribution is 0.103. The highest BCUT2D eigenvalue weighted by molar-refractivity contribution is 7.20. The number of nitrogens with zero attached hydrogens (tertiary/aromatic N) is 2. The van der Waals surface area contributed by atoms with E-state index in [1.807, 2.05) is 25.2 Å². The van der Waals surface area contributed by atoms with E-state index in [-0.39, 0.29) is 17.5 Å². The maximum Gasteiger partial charge on any atom is 0.329 e. The van der Waals surface area contributed by atoms with Crippen LogP contribution in [0, 0.1) is 6.92 Å². The number of piperidine rings is 1. The summed E-state index contributed by atoms with van der Waals surface area (Å²) in [5.74, 6) is -0.281. The second-order valence-electron chi connectivity index (χ2n) is 7.22. The number of aryl methyl sites for hydroxylation is 1. The number of para-hydroxylation sites is 1. The van der Waals surface area contributed by atoms with Crippen LogP contribution in [-0.2, 0) is 0 Å². The van der Waals surface area contributed by atoms with Crippen molar-refractivity contribution in [3.8, 4) is 0 Å². The van der Waals surface area contributed by atoms with E-state index in [1.54, 1.807) is 19.1 Å². The van der Waals surface area contributed by atoms with E-state index in [2.05, 4.69) is 15.2 Å². The zero-order chi connectivity index (χ0) is 19.8. The molecular formula is C20H22N4O3S. The van der Waals surface area contributed by atoms with Crippen LogP contribution in [0.2, 0.25) is 0 Å². The van der Waals surface area contributed by atoms with Crippen molar-refractivity contribution in [2.24, 2.45) is 0 Å². The Morgan fingerprint density at radius 2 is 1.86 bits per heavy atom. The van der Waals surface area contributed by atoms with Gasteiger partial charge in [0.2, 0.25) is 0 Å². The first-order valence-corrected chi connectivity index (χ1v) is 10.1. The molecule has 2 N–H and O–H groups in total. The second kappa shape index (κ2) is 7.37. The van der Waals surface area contributed by atoms with Crippen LogP contribution in [0.5, 0.6) is 0 Å². The van der Waals surface area contributed by atoms with Crippen molar-refractivity contribution in [2.45, 2.75) is 25.8 Å². The maximum atomic E-state index is 13.1. The van der Waals surface area contributed by atoms with Gasteiger partial charge in [-0.05, 0) is 57.6 Å². The van der Waals surface area contributed by atoms with Gasteiger partial charge in [0, 0.05) is 11.7 Å². The normalized spacial score (nSPS) is 15.8. The Labute approximate surface area is 165 Å². The van der Waals surface area contributed by atoms with Gasteiger partial charge < -0.3 is 10.2 Å². The van der Waals surface area contributed by atoms with E-state index in [9.17, 15) is 14.4 Å². The van der Waals surface area contributed by atoms with Crippen molar-refractivity contribution >= 4 is 33.1 Å². The number of aromatic nitrogens is 2. The molecule has 7 nitrogen and oxygen atoms in total. The molecule has 4 rings (SSSR count). The number of amides is 1. The predicted molar refractivity (Wildman–Crippen MR) is 112 cm³/mol. The molecule has 146 valence electrons. The van der Waals surface area contributed by atoms with Gasteiger partial charge >= 0.3 is 5.69 Å². The SMILES string of the molecule is Cc1c(C(=O)Nc2ccccc2)sc2[nH]c(=O)n(C3CCN(C)CC3)c(=O)c12. The summed E-state index contributed by atoms with van der Waals surface area (Å²) < 4.78 is 1.34. The lowest BCUT2D eigenvalue weighted by Gasteiger charge is -2.29. The Kier molecular flexibility index (Phi) is 4.91. The highest BCUT2D eigenvalue weighted by Crippen LogP contribution is 2.28. The number of aromatic amines is 1. The molecule has 0 aliphatic carbocycles. The van der Waals surface area contributed by atoms with Crippen LogP contribution in [0.3, 0.4) is 0 Å². The van der Waals surface area contributed by atoms with Crippen LogP contribution in [0.4, 0.5) is 5.69 Å². The number of anilines is 1. The largest absolute Gasteiger partial charge is 0.329 e. The van der Waals surface area contributed by atoms with Gasteiger partial charge in [0.05, 0.1) is 10.3 Å². The minimum Gasteiger partial charge on any atom is -0.321 e. The fourth-order valence-electron chi connectivity index (χ4n) is 3.74. The Balaban J connectivity index is 1.75. The number of likely N-dealkylation sites (tertiary alicyclic amines) is 1. The molecule has 1 aromatic carbocycles. The molecule has 0 saturated carbocycles. The molecule has 3 aromatic rings. The topological polar surface area (TPSA) is 87.2 Å². The summed E-state index contributed by atoms with van der Waals surface area (Å²) in [5.41, 5.74) is 0.585. The molecule has 1 saturated heterocycles. The fourth-order valence-corrected chi connectivity index (χ4v) is 4.82. The first kappa shape index (κ1) is 18.6. The molecular weight excluding hydrogens is 376 g/mol. The number of hydrogen-bond donors (Lipinski definition) is 2. The van der Waals surface area contributed by atoms with Gasteiger partial charge in [-0.3, -0.25) is 19.1 Å². The van der Waals surface area contributed by atoms with Crippen molar-refractivity contribution in [3.63, 3.8) is 0 Å². The standard InChI is InChI=1S/C20H22N4O3S/c1-12-15-18(28-16(12)17(25)21-13-6-4-3-5-7-13)22-20(27)24(19(15)26)14-8-10-23(2)11-9-14/h3-7,14H,8-11H2,1-2H3,(H,21,25)(H,22,27). The highest BCUT2D eigenvalue weighted by atomic mass is 32.1. The summed E-state index contributed by atoms with van der Waals surface area (Å²) in [6.45, 7) is 3.46. The van der Waals surface area contributed by atoms with Crippen LogP contribution in [-0.4, -0.2) is 40.5 Å². The number of fused-ring (bicyclic) bond motifs is 1. The molecule has 1 amide bonds. The first-order valence-electron chi connectivity index (χ1n) is 9.28. The van der Waals surface area contributed by atoms with Crippen molar-refractivity contribution in [1.82, 2.24) is 14.5 Å². The van der Waals surface area contributed by atoms with Gasteiger partial charge in [-0.1, -0.05) is 18.2 Å². The number of rotatable bonds is 3. The predicted octanol–water partition coefficient (Wildman–Crippen LogP) is 2.58. The molecule has 0 bridgehead atoms. The van der Waals surface area contributed by atoms with Crippen molar-refractivity contribution < 1.29 is 4.79 Å². The summed E-state index contributed by atoms with van der Waals surface area (Å²) in [5, 5.41) is 3.27. The molecule has 8 heteroatoms. The van der Waals surface area contributed by atoms with E-state index in [1.165, 1.54) is 4.57 Å². The maximum absolute atomic E-state index is 13.1. The Morgan fingerprint density at radius 3 is 2.54 bits per heavy atom. The van der Waals surface area contributed by atoms with Crippen LogP contribution >= 0.6 is 11.3 Å². The number of nitrogens with one attached hydrogen (secondary N) is 2. The van der Waals surface area contributed by atoms with Crippen LogP contribution in [0.15, 0.2) is 39.9 Å². The van der Waals surface area contributed by atoms with Crippen molar-refractivity contribution in [3.05, 3.63) is 61.6 Å². The van der Waals surface area contributed by atoms with Crippen LogP contribution < -0.4 is 16.6 Å². The van der Waals surface area contributed by atoms with Gasteiger partial charge in [0.25, 0.3) is 11.5 Å². The zero-order valence-electron chi connectivity index (χ0n) is 15.8. The Bertz CT molecular complexity index is 1140. The summed E-state index contributed by atoms with van der Waals surface area (Å²) >= 11 is 1.15. The Morgan fingerprint density at radius 1 is 1.18 bits per heavy atom. The third-order valence-corrected chi connectivity index (χ3v) is 6.52. The molecule has 0 atom stereocenters. The molecule has 2 aromatic heterocycles. The summed E-state index contributed by atoms with van der Waals surface area (Å²) in [7, 11) is 2.03. The third-order valence-electron chi connectivity index (χ3n) is 5.31. The molecule has 0 radical (unpaired) electrons. The van der Waals surface area contributed by atoms with Crippen molar-refractivity contribution in [2.75, 3.05) is 25.5 Å². The van der Waals surface area contributed by atoms with Crippen LogP contribution in [0.1, 0.15) is 34.1 Å². The summed E-state index contributed by atoms with van der Waals surface area (Å²) in [6.07, 6.45) is 1.52. The van der Waals surface area contributed by atoms with E-state index >= 15 is 0 Å². The van der Waals surface area contributed by atoms with E-state index in [4.69, 9.17) is 0 Å². The monoisotopic (exact) mass is 398 g/mol. The summed E-state index contributed by atoms with van der Waals surface area (Å²) in [4.78, 5) is 44.4. The van der Waals surface area contributed by atoms with Gasteiger partial charge in [-0.25, -0.2) is 4.79 Å². The van der Waals surface area contributed by atoms with E-state index in [0.29, 0.717) is 26.3 Å². The number of hydrogen-bond acceptors (Lipinski definition) is 5. The van der Waals surface area contributed by atoms with Crippen LogP contribution in [0.25, 0.3) is 10.2 Å². The van der Waals surface area contributed by atoms with E-state index < -0.39 is 5.69 Å². The highest BCUT2D eigenvalue weighted by Gasteiger charge is 2.25.